The van der Waals surface area contributed by atoms with E-state index in [1.165, 1.54) is 47.2 Å². The van der Waals surface area contributed by atoms with Crippen molar-refractivity contribution in [3.05, 3.63) is 21.8 Å². The molecule has 0 aromatic carbocycles. The van der Waals surface area contributed by atoms with Gasteiger partial charge in [-0.3, -0.25) is 4.79 Å². The van der Waals surface area contributed by atoms with Crippen molar-refractivity contribution in [1.82, 2.24) is 14.8 Å². The summed E-state index contributed by atoms with van der Waals surface area (Å²) in [6.07, 6.45) is 9.91. The molecule has 0 saturated heterocycles. The molecule has 2 aliphatic carbocycles. The average Bonchev–Trinajstić information content (AvgIpc) is 3.32. The number of carbonyl (C=O) groups is 2. The molecule has 1 amide bonds. The summed E-state index contributed by atoms with van der Waals surface area (Å²) in [5.41, 5.74) is 1.61. The van der Waals surface area contributed by atoms with Crippen molar-refractivity contribution < 1.29 is 14.3 Å². The zero-order valence-electron chi connectivity index (χ0n) is 19.1. The van der Waals surface area contributed by atoms with E-state index in [1.54, 1.807) is 0 Å². The maximum atomic E-state index is 12.8. The van der Waals surface area contributed by atoms with Crippen LogP contribution in [-0.4, -0.2) is 38.5 Å². The molecule has 4 rings (SSSR count). The lowest BCUT2D eigenvalue weighted by atomic mass is 9.89. The third-order valence-corrected chi connectivity index (χ3v) is 8.37. The Bertz CT molecular complexity index is 976. The number of nitrogens with one attached hydrogen (secondary N) is 1. The molecule has 2 aromatic heterocycles. The fourth-order valence-corrected chi connectivity index (χ4v) is 6.62. The quantitative estimate of drug-likeness (QED) is 0.442. The molecule has 2 heterocycles. The zero-order valence-corrected chi connectivity index (χ0v) is 20.7. The Morgan fingerprint density at radius 2 is 1.91 bits per heavy atom. The SMILES string of the molecule is CC(C)OC(=O)c1c(NC(=O)CSc2nnc(C3CCCCC3)n2C)sc2c1CCCC2. The third kappa shape index (κ3) is 5.20. The summed E-state index contributed by atoms with van der Waals surface area (Å²) >= 11 is 2.90. The minimum atomic E-state index is -0.340. The van der Waals surface area contributed by atoms with Gasteiger partial charge in [0.1, 0.15) is 10.8 Å². The molecule has 0 atom stereocenters. The molecular weight excluding hydrogens is 444 g/mol. The molecule has 32 heavy (non-hydrogen) atoms. The van der Waals surface area contributed by atoms with Crippen LogP contribution in [0.5, 0.6) is 0 Å². The smallest absolute Gasteiger partial charge is 0.341 e. The first-order chi connectivity index (χ1) is 15.4. The van der Waals surface area contributed by atoms with Crippen molar-refractivity contribution in [3.63, 3.8) is 0 Å². The van der Waals surface area contributed by atoms with Gasteiger partial charge < -0.3 is 14.6 Å². The van der Waals surface area contributed by atoms with E-state index in [4.69, 9.17) is 4.74 Å². The number of anilines is 1. The van der Waals surface area contributed by atoms with Gasteiger partial charge in [0.25, 0.3) is 0 Å². The highest BCUT2D eigenvalue weighted by molar-refractivity contribution is 7.99. The van der Waals surface area contributed by atoms with Crippen molar-refractivity contribution in [1.29, 1.82) is 0 Å². The third-order valence-electron chi connectivity index (χ3n) is 6.14. The number of amides is 1. The molecule has 2 aliphatic rings. The molecule has 7 nitrogen and oxygen atoms in total. The number of fused-ring (bicyclic) bond motifs is 1. The van der Waals surface area contributed by atoms with E-state index in [0.717, 1.165) is 55.1 Å². The fourth-order valence-electron chi connectivity index (χ4n) is 4.60. The fraction of sp³-hybridized carbons (Fsp3) is 0.652. The number of hydrogen-bond acceptors (Lipinski definition) is 7. The lowest BCUT2D eigenvalue weighted by molar-refractivity contribution is -0.113. The minimum Gasteiger partial charge on any atom is -0.459 e. The predicted molar refractivity (Wildman–Crippen MR) is 128 cm³/mol. The van der Waals surface area contributed by atoms with Gasteiger partial charge in [-0.05, 0) is 57.9 Å². The molecule has 1 saturated carbocycles. The number of nitrogens with zero attached hydrogens (tertiary/aromatic N) is 3. The predicted octanol–water partition coefficient (Wildman–Crippen LogP) is 5.10. The molecule has 2 aromatic rings. The van der Waals surface area contributed by atoms with E-state index in [2.05, 4.69) is 15.5 Å². The maximum Gasteiger partial charge on any atom is 0.341 e. The lowest BCUT2D eigenvalue weighted by Crippen LogP contribution is -2.19. The lowest BCUT2D eigenvalue weighted by Gasteiger charge is -2.20. The van der Waals surface area contributed by atoms with Gasteiger partial charge in [-0.2, -0.15) is 0 Å². The maximum absolute atomic E-state index is 12.8. The van der Waals surface area contributed by atoms with E-state index >= 15 is 0 Å². The van der Waals surface area contributed by atoms with Gasteiger partial charge in [-0.25, -0.2) is 4.79 Å². The summed E-state index contributed by atoms with van der Waals surface area (Å²) in [6.45, 7) is 3.68. The van der Waals surface area contributed by atoms with E-state index in [1.807, 2.05) is 25.5 Å². The summed E-state index contributed by atoms with van der Waals surface area (Å²) in [7, 11) is 1.98. The molecule has 174 valence electrons. The second-order valence-corrected chi connectivity index (χ2v) is 11.0. The number of thioether (sulfide) groups is 1. The van der Waals surface area contributed by atoms with E-state index in [9.17, 15) is 9.59 Å². The Morgan fingerprint density at radius 1 is 1.16 bits per heavy atom. The monoisotopic (exact) mass is 476 g/mol. The van der Waals surface area contributed by atoms with Crippen molar-refractivity contribution in [2.24, 2.45) is 7.05 Å². The highest BCUT2D eigenvalue weighted by Gasteiger charge is 2.28. The van der Waals surface area contributed by atoms with Crippen molar-refractivity contribution in [2.45, 2.75) is 88.8 Å². The van der Waals surface area contributed by atoms with Crippen LogP contribution in [0, 0.1) is 0 Å². The van der Waals surface area contributed by atoms with E-state index in [-0.39, 0.29) is 23.7 Å². The first-order valence-corrected chi connectivity index (χ1v) is 13.4. The van der Waals surface area contributed by atoms with Crippen molar-refractivity contribution >= 4 is 40.0 Å². The Labute approximate surface area is 197 Å². The zero-order chi connectivity index (χ0) is 22.7. The number of ether oxygens (including phenoxy) is 1. The minimum absolute atomic E-state index is 0.144. The number of thiophene rings is 1. The topological polar surface area (TPSA) is 86.1 Å². The van der Waals surface area contributed by atoms with Crippen LogP contribution in [0.15, 0.2) is 5.16 Å². The Morgan fingerprint density at radius 3 is 2.66 bits per heavy atom. The highest BCUT2D eigenvalue weighted by atomic mass is 32.2. The first-order valence-electron chi connectivity index (χ1n) is 11.6. The van der Waals surface area contributed by atoms with E-state index in [0.29, 0.717) is 16.5 Å². The molecule has 0 aliphatic heterocycles. The summed E-state index contributed by atoms with van der Waals surface area (Å²) in [4.78, 5) is 26.7. The van der Waals surface area contributed by atoms with Gasteiger partial charge >= 0.3 is 5.97 Å². The van der Waals surface area contributed by atoms with Crippen LogP contribution in [0.3, 0.4) is 0 Å². The molecule has 1 fully saturated rings. The summed E-state index contributed by atoms with van der Waals surface area (Å²) in [6, 6.07) is 0. The van der Waals surface area contributed by atoms with Crippen LogP contribution in [0.4, 0.5) is 5.00 Å². The van der Waals surface area contributed by atoms with Crippen LogP contribution in [0.1, 0.15) is 91.3 Å². The molecular formula is C23H32N4O3S2. The van der Waals surface area contributed by atoms with Crippen LogP contribution >= 0.6 is 23.1 Å². The normalized spacial score (nSPS) is 16.8. The molecule has 0 spiro atoms. The van der Waals surface area contributed by atoms with Gasteiger partial charge in [0.2, 0.25) is 5.91 Å². The number of aromatic nitrogens is 3. The number of carbonyl (C=O) groups excluding carboxylic acids is 2. The molecule has 0 bridgehead atoms. The Balaban J connectivity index is 1.43. The Kier molecular flexibility index (Phi) is 7.55. The second-order valence-electron chi connectivity index (χ2n) is 8.94. The van der Waals surface area contributed by atoms with E-state index < -0.39 is 0 Å². The molecule has 1 N–H and O–H groups in total. The number of rotatable bonds is 7. The Hall–Kier alpha value is -1.87. The number of hydrogen-bond donors (Lipinski definition) is 1. The molecule has 0 unspecified atom stereocenters. The summed E-state index contributed by atoms with van der Waals surface area (Å²) in [5, 5.41) is 13.1. The highest BCUT2D eigenvalue weighted by Crippen LogP contribution is 2.39. The van der Waals surface area contributed by atoms with Gasteiger partial charge in [-0.15, -0.1) is 21.5 Å². The standard InChI is InChI=1S/C23H32N4O3S2/c1-14(2)30-22(29)19-16-11-7-8-12-17(16)32-21(19)24-18(28)13-31-23-26-25-20(27(23)3)15-9-5-4-6-10-15/h14-15H,4-13H2,1-3H3,(H,24,28). The van der Waals surface area contributed by atoms with Crippen LogP contribution in [0.25, 0.3) is 0 Å². The van der Waals surface area contributed by atoms with Gasteiger partial charge in [0, 0.05) is 17.8 Å². The first kappa shape index (κ1) is 23.3. The van der Waals surface area contributed by atoms with Crippen molar-refractivity contribution in [2.75, 3.05) is 11.1 Å². The van der Waals surface area contributed by atoms with Crippen LogP contribution in [0.2, 0.25) is 0 Å². The van der Waals surface area contributed by atoms with Crippen LogP contribution < -0.4 is 5.32 Å². The van der Waals surface area contributed by atoms with Gasteiger partial charge in [0.15, 0.2) is 5.16 Å². The van der Waals surface area contributed by atoms with Gasteiger partial charge in [0.05, 0.1) is 17.4 Å². The summed E-state index contributed by atoms with van der Waals surface area (Å²) < 4.78 is 7.51. The average molecular weight is 477 g/mol. The number of esters is 1. The number of aryl methyl sites for hydroxylation is 1. The molecule has 9 heteroatoms. The van der Waals surface area contributed by atoms with Crippen LogP contribution in [-0.2, 0) is 29.4 Å². The second kappa shape index (κ2) is 10.4. The largest absolute Gasteiger partial charge is 0.459 e. The molecule has 0 radical (unpaired) electrons. The van der Waals surface area contributed by atoms with Gasteiger partial charge in [-0.1, -0.05) is 31.0 Å². The summed E-state index contributed by atoms with van der Waals surface area (Å²) in [5.74, 6) is 1.23. The van der Waals surface area contributed by atoms with Crippen molar-refractivity contribution in [3.8, 4) is 0 Å².